The molecule has 1 rings (SSSR count). The van der Waals surface area contributed by atoms with E-state index in [1.54, 1.807) is 19.1 Å². The summed E-state index contributed by atoms with van der Waals surface area (Å²) in [5, 5.41) is 9.06. The third-order valence-corrected chi connectivity index (χ3v) is 2.08. The van der Waals surface area contributed by atoms with Crippen LogP contribution in [0.3, 0.4) is 0 Å². The molecule has 0 aliphatic heterocycles. The number of methoxy groups -OCH3 is 1. The van der Waals surface area contributed by atoms with Gasteiger partial charge in [0.05, 0.1) is 7.11 Å². The summed E-state index contributed by atoms with van der Waals surface area (Å²) in [6.07, 6.45) is 0. The Bertz CT molecular complexity index is 335. The molecule has 0 radical (unpaired) electrons. The van der Waals surface area contributed by atoms with Crippen LogP contribution >= 0.6 is 12.4 Å². The number of phenolic OH excluding ortho intramolecular Hbond substituents is 1. The summed E-state index contributed by atoms with van der Waals surface area (Å²) < 4.78 is 4.57. The van der Waals surface area contributed by atoms with Crippen molar-refractivity contribution in [1.82, 2.24) is 0 Å². The Morgan fingerprint density at radius 1 is 1.40 bits per heavy atom. The molecule has 0 spiro atoms. The van der Waals surface area contributed by atoms with Crippen LogP contribution in [-0.4, -0.2) is 18.2 Å². The average Bonchev–Trinajstić information content (AvgIpc) is 2.17. The number of ether oxygens (including phenoxy) is 1. The van der Waals surface area contributed by atoms with Gasteiger partial charge >= 0.3 is 5.97 Å². The van der Waals surface area contributed by atoms with Crippen molar-refractivity contribution in [3.05, 3.63) is 29.8 Å². The van der Waals surface area contributed by atoms with Crippen LogP contribution in [0.15, 0.2) is 24.3 Å². The van der Waals surface area contributed by atoms with E-state index in [9.17, 15) is 4.79 Å². The van der Waals surface area contributed by atoms with E-state index in [2.05, 4.69) is 4.74 Å². The first-order valence-electron chi connectivity index (χ1n) is 4.15. The number of carbonyl (C=O) groups excluding carboxylic acids is 1. The summed E-state index contributed by atoms with van der Waals surface area (Å²) in [7, 11) is 1.29. The van der Waals surface area contributed by atoms with E-state index >= 15 is 0 Å². The maximum atomic E-state index is 11.3. The number of esters is 1. The molecule has 0 aromatic heterocycles. The maximum absolute atomic E-state index is 11.3. The molecule has 84 valence electrons. The van der Waals surface area contributed by atoms with Gasteiger partial charge in [-0.15, -0.1) is 12.4 Å². The van der Waals surface area contributed by atoms with Crippen molar-refractivity contribution >= 4 is 18.4 Å². The Morgan fingerprint density at radius 3 is 2.27 bits per heavy atom. The van der Waals surface area contributed by atoms with E-state index in [-0.39, 0.29) is 18.2 Å². The number of phenols is 1. The number of nitrogens with two attached hydrogens (primary N) is 1. The van der Waals surface area contributed by atoms with Crippen LogP contribution in [0, 0.1) is 0 Å². The minimum atomic E-state index is -1.18. The van der Waals surface area contributed by atoms with Crippen LogP contribution in [-0.2, 0) is 15.1 Å². The van der Waals surface area contributed by atoms with Gasteiger partial charge in [0.15, 0.2) is 0 Å². The molecule has 0 saturated carbocycles. The number of benzene rings is 1. The zero-order chi connectivity index (χ0) is 10.8. The molecule has 0 aliphatic rings. The second-order valence-corrected chi connectivity index (χ2v) is 3.24. The van der Waals surface area contributed by atoms with Crippen LogP contribution < -0.4 is 5.73 Å². The van der Waals surface area contributed by atoms with Gasteiger partial charge in [0.2, 0.25) is 0 Å². The Kier molecular flexibility index (Phi) is 4.58. The highest BCUT2D eigenvalue weighted by Gasteiger charge is 2.31. The van der Waals surface area contributed by atoms with Crippen molar-refractivity contribution in [2.75, 3.05) is 7.11 Å². The van der Waals surface area contributed by atoms with Gasteiger partial charge in [0.25, 0.3) is 0 Å². The minimum absolute atomic E-state index is 0. The van der Waals surface area contributed by atoms with Gasteiger partial charge < -0.3 is 15.6 Å². The lowest BCUT2D eigenvalue weighted by Crippen LogP contribution is -2.42. The predicted octanol–water partition coefficient (Wildman–Crippen LogP) is 1.16. The number of hydrogen-bond acceptors (Lipinski definition) is 4. The van der Waals surface area contributed by atoms with Gasteiger partial charge in [0.1, 0.15) is 11.3 Å². The molecule has 0 bridgehead atoms. The molecule has 0 fully saturated rings. The third-order valence-electron chi connectivity index (χ3n) is 2.08. The Balaban J connectivity index is 0.00000196. The first kappa shape index (κ1) is 13.7. The minimum Gasteiger partial charge on any atom is -0.508 e. The van der Waals surface area contributed by atoms with Gasteiger partial charge in [-0.2, -0.15) is 0 Å². The van der Waals surface area contributed by atoms with E-state index in [0.717, 1.165) is 0 Å². The topological polar surface area (TPSA) is 72.5 Å². The van der Waals surface area contributed by atoms with Crippen molar-refractivity contribution in [1.29, 1.82) is 0 Å². The number of rotatable bonds is 2. The van der Waals surface area contributed by atoms with Crippen LogP contribution in [0.1, 0.15) is 12.5 Å². The molecule has 1 atom stereocenters. The van der Waals surface area contributed by atoms with E-state index in [1.807, 2.05) is 0 Å². The van der Waals surface area contributed by atoms with Gasteiger partial charge in [-0.1, -0.05) is 12.1 Å². The summed E-state index contributed by atoms with van der Waals surface area (Å²) in [5.41, 5.74) is 5.21. The lowest BCUT2D eigenvalue weighted by Gasteiger charge is -2.21. The highest BCUT2D eigenvalue weighted by atomic mass is 35.5. The monoisotopic (exact) mass is 231 g/mol. The van der Waals surface area contributed by atoms with E-state index in [0.29, 0.717) is 5.56 Å². The summed E-state index contributed by atoms with van der Waals surface area (Å²) in [6, 6.07) is 6.13. The Labute approximate surface area is 94.5 Å². The van der Waals surface area contributed by atoms with E-state index in [4.69, 9.17) is 10.8 Å². The molecule has 1 aromatic carbocycles. The molecule has 3 N–H and O–H groups in total. The zero-order valence-electron chi connectivity index (χ0n) is 8.56. The highest BCUT2D eigenvalue weighted by Crippen LogP contribution is 2.21. The Hall–Kier alpha value is -1.26. The van der Waals surface area contributed by atoms with Crippen molar-refractivity contribution in [2.24, 2.45) is 5.73 Å². The van der Waals surface area contributed by atoms with E-state index < -0.39 is 11.5 Å². The van der Waals surface area contributed by atoms with Gasteiger partial charge in [-0.3, -0.25) is 0 Å². The second kappa shape index (κ2) is 5.00. The van der Waals surface area contributed by atoms with Crippen LogP contribution in [0.5, 0.6) is 5.75 Å². The molecule has 0 aliphatic carbocycles. The zero-order valence-corrected chi connectivity index (χ0v) is 9.38. The number of halogens is 1. The Morgan fingerprint density at radius 2 is 1.87 bits per heavy atom. The van der Waals surface area contributed by atoms with E-state index in [1.165, 1.54) is 19.2 Å². The molecule has 1 aromatic rings. The fourth-order valence-electron chi connectivity index (χ4n) is 1.14. The predicted molar refractivity (Wildman–Crippen MR) is 58.9 cm³/mol. The third kappa shape index (κ3) is 2.84. The number of aromatic hydroxyl groups is 1. The fourth-order valence-corrected chi connectivity index (χ4v) is 1.14. The normalized spacial score (nSPS) is 13.5. The fraction of sp³-hybridized carbons (Fsp3) is 0.300. The standard InChI is InChI=1S/C10H13NO3.ClH/c1-10(11,9(13)14-2)7-3-5-8(12)6-4-7;/h3-6,12H,11H2,1-2H3;1H. The molecular formula is C10H14ClNO3. The molecule has 4 nitrogen and oxygen atoms in total. The first-order valence-corrected chi connectivity index (χ1v) is 4.15. The molecule has 15 heavy (non-hydrogen) atoms. The van der Waals surface area contributed by atoms with Gasteiger partial charge in [0, 0.05) is 0 Å². The summed E-state index contributed by atoms with van der Waals surface area (Å²) >= 11 is 0. The average molecular weight is 232 g/mol. The first-order chi connectivity index (χ1) is 6.48. The quantitative estimate of drug-likeness (QED) is 0.750. The van der Waals surface area contributed by atoms with Crippen molar-refractivity contribution in [3.8, 4) is 5.75 Å². The largest absolute Gasteiger partial charge is 0.508 e. The smallest absolute Gasteiger partial charge is 0.330 e. The van der Waals surface area contributed by atoms with Crippen LogP contribution in [0.25, 0.3) is 0 Å². The molecular weight excluding hydrogens is 218 g/mol. The lowest BCUT2D eigenvalue weighted by atomic mass is 9.93. The second-order valence-electron chi connectivity index (χ2n) is 3.24. The molecule has 5 heteroatoms. The molecule has 0 heterocycles. The summed E-state index contributed by atoms with van der Waals surface area (Å²) in [6.45, 7) is 1.56. The van der Waals surface area contributed by atoms with Crippen molar-refractivity contribution in [2.45, 2.75) is 12.5 Å². The molecule has 1 unspecified atom stereocenters. The number of hydrogen-bond donors (Lipinski definition) is 2. The van der Waals surface area contributed by atoms with Gasteiger partial charge in [-0.05, 0) is 24.6 Å². The van der Waals surface area contributed by atoms with Crippen LogP contribution in [0.2, 0.25) is 0 Å². The lowest BCUT2D eigenvalue weighted by molar-refractivity contribution is -0.146. The number of carbonyl (C=O) groups is 1. The molecule has 0 saturated heterocycles. The summed E-state index contributed by atoms with van der Waals surface area (Å²) in [4.78, 5) is 11.3. The molecule has 0 amide bonds. The highest BCUT2D eigenvalue weighted by molar-refractivity contribution is 5.85. The van der Waals surface area contributed by atoms with Gasteiger partial charge in [-0.25, -0.2) is 4.79 Å². The van der Waals surface area contributed by atoms with Crippen molar-refractivity contribution < 1.29 is 14.6 Å². The van der Waals surface area contributed by atoms with Crippen molar-refractivity contribution in [3.63, 3.8) is 0 Å². The summed E-state index contributed by atoms with van der Waals surface area (Å²) in [5.74, 6) is -0.377. The SMILES string of the molecule is COC(=O)C(C)(N)c1ccc(O)cc1.Cl. The maximum Gasteiger partial charge on any atom is 0.330 e. The van der Waals surface area contributed by atoms with Crippen LogP contribution in [0.4, 0.5) is 0 Å².